The van der Waals surface area contributed by atoms with E-state index in [9.17, 15) is 0 Å². The van der Waals surface area contributed by atoms with Crippen molar-refractivity contribution in [3.8, 4) is 0 Å². The Morgan fingerprint density at radius 3 is 2.36 bits per heavy atom. The van der Waals surface area contributed by atoms with E-state index in [4.69, 9.17) is 27.9 Å². The van der Waals surface area contributed by atoms with Crippen LogP contribution in [0.15, 0.2) is 28.6 Å². The third kappa shape index (κ3) is 4.06. The van der Waals surface area contributed by atoms with Crippen LogP contribution in [0.1, 0.15) is 6.92 Å². The Kier molecular flexibility index (Phi) is 4.99. The zero-order valence-electron chi connectivity index (χ0n) is 6.40. The third-order valence-corrected chi connectivity index (χ3v) is 1.27. The molecule has 0 heterocycles. The molecule has 0 saturated carbocycles. The molecule has 0 aromatic carbocycles. The number of methoxy groups -OCH3 is 1. The van der Waals surface area contributed by atoms with Crippen LogP contribution in [0.2, 0.25) is 0 Å². The van der Waals surface area contributed by atoms with Crippen LogP contribution < -0.4 is 0 Å². The molecule has 0 bridgehead atoms. The van der Waals surface area contributed by atoms with E-state index < -0.39 is 0 Å². The molecule has 0 aliphatic heterocycles. The van der Waals surface area contributed by atoms with E-state index in [0.29, 0.717) is 10.9 Å². The van der Waals surface area contributed by atoms with Crippen molar-refractivity contribution in [2.24, 2.45) is 4.99 Å². The van der Waals surface area contributed by atoms with Crippen molar-refractivity contribution in [1.29, 1.82) is 0 Å². The van der Waals surface area contributed by atoms with Gasteiger partial charge in [-0.15, -0.1) is 0 Å². The maximum Gasteiger partial charge on any atom is 0.229 e. The van der Waals surface area contributed by atoms with Crippen LogP contribution in [0.4, 0.5) is 0 Å². The van der Waals surface area contributed by atoms with Crippen molar-refractivity contribution in [1.82, 2.24) is 0 Å². The van der Waals surface area contributed by atoms with E-state index >= 15 is 0 Å². The summed E-state index contributed by atoms with van der Waals surface area (Å²) in [6.45, 7) is 5.09. The average Bonchev–Trinajstić information content (AvgIpc) is 1.99. The molecular formula is C7H9Cl2NO. The molecule has 0 rings (SSSR count). The van der Waals surface area contributed by atoms with Crippen LogP contribution >= 0.6 is 23.2 Å². The number of hydrogen-bond acceptors (Lipinski definition) is 2. The summed E-state index contributed by atoms with van der Waals surface area (Å²) in [5.41, 5.74) is 0. The third-order valence-electron chi connectivity index (χ3n) is 0.865. The van der Waals surface area contributed by atoms with Gasteiger partial charge in [-0.1, -0.05) is 29.8 Å². The number of rotatable bonds is 3. The highest BCUT2D eigenvalue weighted by Crippen LogP contribution is 2.11. The van der Waals surface area contributed by atoms with Gasteiger partial charge >= 0.3 is 0 Å². The molecule has 0 aromatic rings. The summed E-state index contributed by atoms with van der Waals surface area (Å²) in [5.74, 6) is 0.302. The summed E-state index contributed by atoms with van der Waals surface area (Å²) >= 11 is 11.1. The highest BCUT2D eigenvalue weighted by atomic mass is 35.5. The largest absolute Gasteiger partial charge is 0.480 e. The first-order chi connectivity index (χ1) is 5.11. The van der Waals surface area contributed by atoms with Crippen molar-refractivity contribution >= 4 is 28.4 Å². The monoisotopic (exact) mass is 193 g/mol. The summed E-state index contributed by atoms with van der Waals surface area (Å²) in [4.78, 5) is 3.80. The van der Waals surface area contributed by atoms with Gasteiger partial charge in [0.1, 0.15) is 5.17 Å². The molecule has 0 amide bonds. The predicted molar refractivity (Wildman–Crippen MR) is 49.0 cm³/mol. The Morgan fingerprint density at radius 2 is 2.09 bits per heavy atom. The minimum Gasteiger partial charge on any atom is -0.480 e. The van der Waals surface area contributed by atoms with E-state index in [1.165, 1.54) is 13.2 Å². The van der Waals surface area contributed by atoms with Gasteiger partial charge in [0.2, 0.25) is 5.88 Å². The summed E-state index contributed by atoms with van der Waals surface area (Å²) in [5, 5.41) is 0.703. The van der Waals surface area contributed by atoms with Crippen molar-refractivity contribution in [2.45, 2.75) is 6.92 Å². The van der Waals surface area contributed by atoms with Gasteiger partial charge in [0.15, 0.2) is 0 Å². The lowest BCUT2D eigenvalue weighted by Gasteiger charge is -1.99. The SMILES string of the molecule is C=CC(Cl)=N/C(OC)=C(\C)Cl. The van der Waals surface area contributed by atoms with Crippen molar-refractivity contribution in [3.05, 3.63) is 23.6 Å². The van der Waals surface area contributed by atoms with Gasteiger partial charge in [-0.3, -0.25) is 0 Å². The number of nitrogens with zero attached hydrogens (tertiary/aromatic N) is 1. The van der Waals surface area contributed by atoms with Gasteiger partial charge in [0, 0.05) is 0 Å². The predicted octanol–water partition coefficient (Wildman–Crippen LogP) is 2.88. The molecule has 2 nitrogen and oxygen atoms in total. The zero-order valence-corrected chi connectivity index (χ0v) is 7.91. The molecule has 0 fully saturated rings. The number of allylic oxidation sites excluding steroid dienone is 2. The molecule has 0 atom stereocenters. The van der Waals surface area contributed by atoms with Crippen LogP contribution in [0.25, 0.3) is 0 Å². The van der Waals surface area contributed by atoms with Gasteiger partial charge in [-0.25, -0.2) is 4.99 Å². The van der Waals surface area contributed by atoms with E-state index in [1.807, 2.05) is 0 Å². The van der Waals surface area contributed by atoms with Crippen LogP contribution in [-0.4, -0.2) is 12.3 Å². The first kappa shape index (κ1) is 10.5. The molecular weight excluding hydrogens is 185 g/mol. The fourth-order valence-electron chi connectivity index (χ4n) is 0.406. The average molecular weight is 194 g/mol. The number of hydrogen-bond donors (Lipinski definition) is 0. The van der Waals surface area contributed by atoms with E-state index in [2.05, 4.69) is 11.6 Å². The molecule has 0 aliphatic carbocycles. The summed E-state index contributed by atoms with van der Waals surface area (Å²) in [7, 11) is 1.47. The minimum atomic E-state index is 0.252. The fraction of sp³-hybridized carbons (Fsp3) is 0.286. The molecule has 11 heavy (non-hydrogen) atoms. The first-order valence-electron chi connectivity index (χ1n) is 2.88. The van der Waals surface area contributed by atoms with E-state index in [1.54, 1.807) is 6.92 Å². The highest BCUT2D eigenvalue weighted by molar-refractivity contribution is 6.68. The lowest BCUT2D eigenvalue weighted by atomic mass is 10.6. The van der Waals surface area contributed by atoms with Gasteiger partial charge in [0.05, 0.1) is 12.1 Å². The van der Waals surface area contributed by atoms with Crippen LogP contribution in [-0.2, 0) is 4.74 Å². The molecule has 0 aromatic heterocycles. The quantitative estimate of drug-likeness (QED) is 0.500. The Morgan fingerprint density at radius 1 is 1.55 bits per heavy atom. The molecule has 4 heteroatoms. The van der Waals surface area contributed by atoms with Crippen LogP contribution in [0, 0.1) is 0 Å². The molecule has 62 valence electrons. The maximum absolute atomic E-state index is 5.60. The zero-order chi connectivity index (χ0) is 8.85. The van der Waals surface area contributed by atoms with Gasteiger partial charge in [-0.05, 0) is 13.0 Å². The number of halogens is 2. The second-order valence-corrected chi connectivity index (χ2v) is 2.64. The molecule has 0 spiro atoms. The molecule has 0 radical (unpaired) electrons. The normalized spacial score (nSPS) is 14.0. The standard InChI is InChI=1S/C7H9Cl2NO/c1-4-6(9)10-7(11-3)5(2)8/h4H,1H2,2-3H3/b7-5-,10-6?. The molecule has 0 aliphatic rings. The van der Waals surface area contributed by atoms with Crippen molar-refractivity contribution in [3.63, 3.8) is 0 Å². The minimum absolute atomic E-state index is 0.252. The van der Waals surface area contributed by atoms with Crippen molar-refractivity contribution < 1.29 is 4.74 Å². The van der Waals surface area contributed by atoms with Gasteiger partial charge in [-0.2, -0.15) is 0 Å². The Labute approximate surface area is 76.2 Å². The lowest BCUT2D eigenvalue weighted by molar-refractivity contribution is 0.286. The Balaban J connectivity index is 4.57. The molecule has 0 saturated heterocycles. The summed E-state index contributed by atoms with van der Waals surface area (Å²) < 4.78 is 4.81. The fourth-order valence-corrected chi connectivity index (χ4v) is 0.602. The van der Waals surface area contributed by atoms with E-state index in [-0.39, 0.29) is 5.17 Å². The molecule has 0 unspecified atom stereocenters. The van der Waals surface area contributed by atoms with Gasteiger partial charge in [0.25, 0.3) is 0 Å². The first-order valence-corrected chi connectivity index (χ1v) is 3.64. The maximum atomic E-state index is 5.60. The van der Waals surface area contributed by atoms with Crippen molar-refractivity contribution in [2.75, 3.05) is 7.11 Å². The second kappa shape index (κ2) is 5.22. The smallest absolute Gasteiger partial charge is 0.229 e. The van der Waals surface area contributed by atoms with Gasteiger partial charge < -0.3 is 4.74 Å². The van der Waals surface area contributed by atoms with E-state index in [0.717, 1.165) is 0 Å². The lowest BCUT2D eigenvalue weighted by Crippen LogP contribution is -1.88. The van der Waals surface area contributed by atoms with Crippen LogP contribution in [0.3, 0.4) is 0 Å². The summed E-state index contributed by atoms with van der Waals surface area (Å²) in [6.07, 6.45) is 1.40. The van der Waals surface area contributed by atoms with Crippen LogP contribution in [0.5, 0.6) is 0 Å². The number of aliphatic imine (C=N–C) groups is 1. The summed E-state index contributed by atoms with van der Waals surface area (Å²) in [6, 6.07) is 0. The Hall–Kier alpha value is -0.470. The highest BCUT2D eigenvalue weighted by Gasteiger charge is 1.97. The molecule has 0 N–H and O–H groups in total. The number of ether oxygens (including phenoxy) is 1. The Bertz CT molecular complexity index is 204. The topological polar surface area (TPSA) is 21.6 Å². The second-order valence-electron chi connectivity index (χ2n) is 1.68.